The van der Waals surface area contributed by atoms with Gasteiger partial charge in [-0.1, -0.05) is 233 Å². The van der Waals surface area contributed by atoms with Crippen molar-refractivity contribution >= 4 is 0 Å². The summed E-state index contributed by atoms with van der Waals surface area (Å²) in [7, 11) is 0. The van der Waals surface area contributed by atoms with Crippen LogP contribution in [0.3, 0.4) is 0 Å². The van der Waals surface area contributed by atoms with E-state index in [1.165, 1.54) is 83.5 Å². The molecule has 3 aromatic rings. The summed E-state index contributed by atoms with van der Waals surface area (Å²) < 4.78 is 0. The Morgan fingerprint density at radius 3 is 1.20 bits per heavy atom. The second-order valence-corrected chi connectivity index (χ2v) is 14.3. The quantitative estimate of drug-likeness (QED) is 0.0430. The predicted octanol–water partition coefficient (Wildman–Crippen LogP) is 11.9. The minimum absolute atomic E-state index is 0.429. The van der Waals surface area contributed by atoms with Crippen LogP contribution < -0.4 is 0 Å². The molecule has 0 unspecified atom stereocenters. The highest BCUT2D eigenvalue weighted by Crippen LogP contribution is 2.47. The maximum absolute atomic E-state index is 12.7. The maximum atomic E-state index is 12.7. The molecule has 3 N–H and O–H groups in total. The van der Waals surface area contributed by atoms with Gasteiger partial charge in [-0.05, 0) is 29.5 Å². The molecule has 3 atom stereocenters. The third-order valence-electron chi connectivity index (χ3n) is 10.5. The van der Waals surface area contributed by atoms with Gasteiger partial charge in [-0.2, -0.15) is 0 Å². The molecule has 3 rings (SSSR count). The zero-order valence-corrected chi connectivity index (χ0v) is 31.0. The summed E-state index contributed by atoms with van der Waals surface area (Å²) in [5.74, 6) is 0. The third-order valence-corrected chi connectivity index (χ3v) is 10.5. The maximum Gasteiger partial charge on any atom is 0.136 e. The molecule has 0 fully saturated rings. The number of rotatable bonds is 27. The largest absolute Gasteiger partial charge is 0.390 e. The topological polar surface area (TPSA) is 60.7 Å². The average molecular weight is 669 g/mol. The van der Waals surface area contributed by atoms with Crippen molar-refractivity contribution in [2.45, 2.75) is 165 Å². The summed E-state index contributed by atoms with van der Waals surface area (Å²) in [6, 6.07) is 29.9. The monoisotopic (exact) mass is 669 g/mol. The van der Waals surface area contributed by atoms with Gasteiger partial charge in [0.15, 0.2) is 0 Å². The number of unbranched alkanes of at least 4 members (excludes halogenated alkanes) is 17. The van der Waals surface area contributed by atoms with Crippen LogP contribution in [0.5, 0.6) is 0 Å². The van der Waals surface area contributed by atoms with Gasteiger partial charge in [-0.25, -0.2) is 0 Å². The Kier molecular flexibility index (Phi) is 19.6. The number of hydrogen-bond acceptors (Lipinski definition) is 3. The molecule has 0 aliphatic carbocycles. The first kappa shape index (κ1) is 40.7. The Labute approximate surface area is 299 Å². The molecule has 0 aliphatic rings. The van der Waals surface area contributed by atoms with Crippen LogP contribution in [0, 0.1) is 0 Å². The fourth-order valence-electron chi connectivity index (χ4n) is 7.52. The average Bonchev–Trinajstić information content (AvgIpc) is 3.14. The Balaban J connectivity index is 1.66. The van der Waals surface area contributed by atoms with E-state index in [1.54, 1.807) is 6.08 Å². The van der Waals surface area contributed by atoms with Gasteiger partial charge in [-0.3, -0.25) is 0 Å². The molecule has 3 nitrogen and oxygen atoms in total. The van der Waals surface area contributed by atoms with E-state index in [9.17, 15) is 15.3 Å². The fourth-order valence-corrected chi connectivity index (χ4v) is 7.52. The van der Waals surface area contributed by atoms with Gasteiger partial charge < -0.3 is 15.3 Å². The van der Waals surface area contributed by atoms with Gasteiger partial charge in [0, 0.05) is 0 Å². The van der Waals surface area contributed by atoms with Crippen molar-refractivity contribution < 1.29 is 15.3 Å². The summed E-state index contributed by atoms with van der Waals surface area (Å²) in [6.07, 6.45) is 25.0. The summed E-state index contributed by atoms with van der Waals surface area (Å²) in [6.45, 7) is 4.42. The molecule has 0 amide bonds. The zero-order chi connectivity index (χ0) is 35.0. The second kappa shape index (κ2) is 23.6. The Bertz CT molecular complexity index is 1140. The van der Waals surface area contributed by atoms with Crippen LogP contribution in [0.15, 0.2) is 103 Å². The van der Waals surface area contributed by atoms with E-state index in [1.807, 2.05) is 97.1 Å². The molecule has 3 heteroatoms. The number of aliphatic hydroxyl groups excluding tert-OH is 2. The normalized spacial score (nSPS) is 14.6. The lowest BCUT2D eigenvalue weighted by Crippen LogP contribution is -2.60. The van der Waals surface area contributed by atoms with Gasteiger partial charge in [-0.15, -0.1) is 0 Å². The molecule has 0 aliphatic heterocycles. The molecular weight excluding hydrogens is 601 g/mol. The molecule has 0 radical (unpaired) electrons. The SMILES string of the molecule is CCCC/C=C/[C@@](O)([C@H](O)CCCCCCCCCCCCCCCCCC)[C@H](O)C(c1ccccc1)(c1ccccc1)c1ccccc1. The minimum Gasteiger partial charge on any atom is -0.390 e. The van der Waals surface area contributed by atoms with Crippen LogP contribution in [-0.4, -0.2) is 33.1 Å². The van der Waals surface area contributed by atoms with Crippen molar-refractivity contribution in [3.8, 4) is 0 Å². The van der Waals surface area contributed by atoms with Crippen LogP contribution in [0.25, 0.3) is 0 Å². The van der Waals surface area contributed by atoms with E-state index in [4.69, 9.17) is 0 Å². The van der Waals surface area contributed by atoms with E-state index >= 15 is 0 Å². The summed E-state index contributed by atoms with van der Waals surface area (Å²) in [5.41, 5.74) is -0.381. The Morgan fingerprint density at radius 2 is 0.837 bits per heavy atom. The first-order valence-electron chi connectivity index (χ1n) is 19.9. The highest BCUT2D eigenvalue weighted by Gasteiger charge is 2.54. The van der Waals surface area contributed by atoms with Crippen LogP contribution in [0.2, 0.25) is 0 Å². The molecule has 0 heterocycles. The number of allylic oxidation sites excluding steroid dienone is 1. The lowest BCUT2D eigenvalue weighted by atomic mass is 9.60. The number of benzene rings is 3. The summed E-state index contributed by atoms with van der Waals surface area (Å²) in [4.78, 5) is 0. The van der Waals surface area contributed by atoms with Crippen LogP contribution >= 0.6 is 0 Å². The number of aliphatic hydroxyl groups is 3. The molecule has 0 spiro atoms. The fraction of sp³-hybridized carbons (Fsp3) is 0.565. The molecule has 0 bridgehead atoms. The van der Waals surface area contributed by atoms with E-state index in [2.05, 4.69) is 13.8 Å². The predicted molar refractivity (Wildman–Crippen MR) is 209 cm³/mol. The highest BCUT2D eigenvalue weighted by atomic mass is 16.4. The van der Waals surface area contributed by atoms with Crippen LogP contribution in [0.4, 0.5) is 0 Å². The van der Waals surface area contributed by atoms with Crippen LogP contribution in [-0.2, 0) is 5.41 Å². The van der Waals surface area contributed by atoms with E-state index in [0.717, 1.165) is 55.2 Å². The Morgan fingerprint density at radius 1 is 0.490 bits per heavy atom. The first-order chi connectivity index (χ1) is 24.0. The smallest absolute Gasteiger partial charge is 0.136 e. The van der Waals surface area contributed by atoms with Gasteiger partial charge in [0.2, 0.25) is 0 Å². The summed E-state index contributed by atoms with van der Waals surface area (Å²) in [5, 5.41) is 37.2. The highest BCUT2D eigenvalue weighted by molar-refractivity contribution is 5.53. The van der Waals surface area contributed by atoms with Gasteiger partial charge in [0.25, 0.3) is 0 Å². The van der Waals surface area contributed by atoms with Crippen molar-refractivity contribution in [3.05, 3.63) is 120 Å². The molecular formula is C46H68O3. The molecule has 270 valence electrons. The zero-order valence-electron chi connectivity index (χ0n) is 31.0. The minimum atomic E-state index is -1.87. The molecule has 0 saturated heterocycles. The summed E-state index contributed by atoms with van der Waals surface area (Å²) >= 11 is 0. The molecule has 0 saturated carbocycles. The van der Waals surface area contributed by atoms with Gasteiger partial charge >= 0.3 is 0 Å². The first-order valence-corrected chi connectivity index (χ1v) is 19.9. The van der Waals surface area contributed by atoms with Crippen molar-refractivity contribution in [2.24, 2.45) is 0 Å². The van der Waals surface area contributed by atoms with E-state index in [0.29, 0.717) is 6.42 Å². The van der Waals surface area contributed by atoms with Crippen LogP contribution in [0.1, 0.15) is 159 Å². The van der Waals surface area contributed by atoms with Crippen molar-refractivity contribution in [1.82, 2.24) is 0 Å². The van der Waals surface area contributed by atoms with Gasteiger partial charge in [0.1, 0.15) is 11.7 Å². The second-order valence-electron chi connectivity index (χ2n) is 14.3. The standard InChI is InChI=1S/C46H68O3/c1-3-5-7-9-10-11-12-13-14-15-16-17-18-19-20-30-38-43(47)45(49,39-31-8-6-4-2)44(48)46(40-32-24-21-25-33-40,41-34-26-22-27-35-41)42-36-28-23-29-37-42/h21-29,31-37,39,43-44,47-49H,3-20,30,38H2,1-2H3/b39-31+/t43-,44+,45-/m1/s1. The van der Waals surface area contributed by atoms with E-state index in [-0.39, 0.29) is 0 Å². The van der Waals surface area contributed by atoms with Crippen molar-refractivity contribution in [3.63, 3.8) is 0 Å². The van der Waals surface area contributed by atoms with Crippen molar-refractivity contribution in [2.75, 3.05) is 0 Å². The Hall–Kier alpha value is -2.72. The lowest BCUT2D eigenvalue weighted by Gasteiger charge is -2.47. The third kappa shape index (κ3) is 12.5. The molecule has 49 heavy (non-hydrogen) atoms. The van der Waals surface area contributed by atoms with E-state index < -0.39 is 23.2 Å². The molecule has 0 aromatic heterocycles. The number of hydrogen-bond donors (Lipinski definition) is 3. The lowest BCUT2D eigenvalue weighted by molar-refractivity contribution is -0.132. The van der Waals surface area contributed by atoms with Crippen molar-refractivity contribution in [1.29, 1.82) is 0 Å². The molecule has 3 aromatic carbocycles. The van der Waals surface area contributed by atoms with Gasteiger partial charge in [0.05, 0.1) is 11.5 Å².